The molecule has 6 nitrogen and oxygen atoms in total. The first-order valence-corrected chi connectivity index (χ1v) is 11.5. The summed E-state index contributed by atoms with van der Waals surface area (Å²) in [5, 5.41) is 20.5. The molecule has 0 radical (unpaired) electrons. The fourth-order valence-corrected chi connectivity index (χ4v) is 3.52. The minimum atomic E-state index is -1.12. The maximum absolute atomic E-state index is 11.8. The third-order valence-corrected chi connectivity index (χ3v) is 5.47. The number of carbonyl (C=O) groups excluding carboxylic acids is 1. The number of carbonyl (C=O) groups is 3. The summed E-state index contributed by atoms with van der Waals surface area (Å²) in [5.74, 6) is -2.70. The fourth-order valence-electron chi connectivity index (χ4n) is 2.52. The molecule has 0 fully saturated rings. The van der Waals surface area contributed by atoms with Crippen molar-refractivity contribution >= 4 is 29.6 Å². The zero-order valence-corrected chi connectivity index (χ0v) is 19.7. The first-order chi connectivity index (χ1) is 14.0. The third kappa shape index (κ3) is 14.9. The first kappa shape index (κ1) is 28.0. The van der Waals surface area contributed by atoms with Crippen LogP contribution in [0.15, 0.2) is 34.9 Å². The number of hydrogen-bond acceptors (Lipinski definition) is 4. The predicted molar refractivity (Wildman–Crippen MR) is 124 cm³/mol. The number of aliphatic carboxylic acids is 2. The van der Waals surface area contributed by atoms with Crippen LogP contribution in [0.25, 0.3) is 0 Å². The summed E-state index contributed by atoms with van der Waals surface area (Å²) >= 11 is 1.43. The van der Waals surface area contributed by atoms with Crippen molar-refractivity contribution in [1.82, 2.24) is 5.32 Å². The van der Waals surface area contributed by atoms with E-state index in [-0.39, 0.29) is 12.2 Å². The van der Waals surface area contributed by atoms with Gasteiger partial charge in [-0.15, -0.1) is 0 Å². The number of amides is 1. The molecule has 0 saturated heterocycles. The summed E-state index contributed by atoms with van der Waals surface area (Å²) < 4.78 is 0. The highest BCUT2D eigenvalue weighted by molar-refractivity contribution is 7.99. The Morgan fingerprint density at radius 2 is 1.47 bits per heavy atom. The number of carboxylic acids is 2. The van der Waals surface area contributed by atoms with Gasteiger partial charge in [-0.3, -0.25) is 9.59 Å². The molecule has 0 aliphatic rings. The molecule has 3 N–H and O–H groups in total. The van der Waals surface area contributed by atoms with Gasteiger partial charge in [0, 0.05) is 17.9 Å². The van der Waals surface area contributed by atoms with Gasteiger partial charge in [0.15, 0.2) is 0 Å². The molecule has 0 aromatic carbocycles. The maximum Gasteiger partial charge on any atom is 0.327 e. The molecule has 1 amide bonds. The van der Waals surface area contributed by atoms with Gasteiger partial charge in [-0.2, -0.15) is 11.8 Å². The van der Waals surface area contributed by atoms with E-state index in [1.165, 1.54) is 35.4 Å². The lowest BCUT2D eigenvalue weighted by atomic mass is 10.1. The summed E-state index contributed by atoms with van der Waals surface area (Å²) in [6.07, 6.45) is 10.5. The summed E-state index contributed by atoms with van der Waals surface area (Å²) in [6.45, 7) is 9.86. The van der Waals surface area contributed by atoms with Crippen molar-refractivity contribution in [2.24, 2.45) is 5.92 Å². The van der Waals surface area contributed by atoms with Crippen molar-refractivity contribution in [3.8, 4) is 0 Å². The Hall–Kier alpha value is -2.02. The summed E-state index contributed by atoms with van der Waals surface area (Å²) in [5.41, 5.74) is 3.99. The van der Waals surface area contributed by atoms with E-state index in [4.69, 9.17) is 5.11 Å². The molecule has 0 heterocycles. The number of carboxylic acid groups (broad SMARTS) is 2. The van der Waals surface area contributed by atoms with E-state index in [0.29, 0.717) is 5.75 Å². The molecule has 0 aliphatic heterocycles. The average Bonchev–Trinajstić information content (AvgIpc) is 2.63. The van der Waals surface area contributed by atoms with Crippen molar-refractivity contribution in [2.75, 3.05) is 11.5 Å². The van der Waals surface area contributed by atoms with Crippen molar-refractivity contribution in [1.29, 1.82) is 0 Å². The minimum absolute atomic E-state index is 0.232. The molecule has 170 valence electrons. The van der Waals surface area contributed by atoms with Crippen LogP contribution in [0.3, 0.4) is 0 Å². The van der Waals surface area contributed by atoms with E-state index in [2.05, 4.69) is 51.2 Å². The second-order valence-electron chi connectivity index (χ2n) is 7.90. The average molecular weight is 440 g/mol. The topological polar surface area (TPSA) is 104 Å². The van der Waals surface area contributed by atoms with Crippen LogP contribution in [0, 0.1) is 5.92 Å². The lowest BCUT2D eigenvalue weighted by Gasteiger charge is -2.15. The van der Waals surface area contributed by atoms with E-state index in [1.54, 1.807) is 0 Å². The molecule has 0 spiro atoms. The Labute approximate surface area is 184 Å². The normalized spacial score (nSPS) is 14.0. The quantitative estimate of drug-likeness (QED) is 0.250. The Bertz CT molecular complexity index is 663. The summed E-state index contributed by atoms with van der Waals surface area (Å²) in [7, 11) is 0. The van der Waals surface area contributed by atoms with E-state index < -0.39 is 29.8 Å². The molecule has 0 aliphatic carbocycles. The zero-order valence-electron chi connectivity index (χ0n) is 18.9. The number of nitrogens with one attached hydrogen (secondary N) is 1. The van der Waals surface area contributed by atoms with E-state index >= 15 is 0 Å². The standard InChI is InChI=1S/C23H37NO5S/c1-16(2)8-6-9-17(3)10-7-11-18(4)12-13-30-15-20(23(28)29)24-21(25)14-19(5)22(26)27/h8,10,12,19-20H,6-7,9,11,13-15H2,1-5H3,(H,24,25)(H,26,27)(H,28,29)/t19?,20-/m0/s1. The summed E-state index contributed by atoms with van der Waals surface area (Å²) in [4.78, 5) is 33.9. The summed E-state index contributed by atoms with van der Waals surface area (Å²) in [6, 6.07) is -1.02. The monoisotopic (exact) mass is 439 g/mol. The van der Waals surface area contributed by atoms with Gasteiger partial charge in [-0.1, -0.05) is 41.9 Å². The highest BCUT2D eigenvalue weighted by Crippen LogP contribution is 2.13. The van der Waals surface area contributed by atoms with Crippen LogP contribution in [-0.2, 0) is 14.4 Å². The Morgan fingerprint density at radius 3 is 2.00 bits per heavy atom. The van der Waals surface area contributed by atoms with Crippen LogP contribution >= 0.6 is 11.8 Å². The second kappa shape index (κ2) is 15.8. The molecule has 1 unspecified atom stereocenters. The van der Waals surface area contributed by atoms with E-state index in [0.717, 1.165) is 25.7 Å². The van der Waals surface area contributed by atoms with Gasteiger partial charge < -0.3 is 15.5 Å². The Balaban J connectivity index is 4.28. The molecule has 0 saturated carbocycles. The molecular formula is C23H37NO5S. The number of hydrogen-bond donors (Lipinski definition) is 3. The minimum Gasteiger partial charge on any atom is -0.481 e. The molecule has 0 aromatic heterocycles. The smallest absolute Gasteiger partial charge is 0.327 e. The van der Waals surface area contributed by atoms with Gasteiger partial charge in [0.05, 0.1) is 5.92 Å². The fraction of sp³-hybridized carbons (Fsp3) is 0.609. The Kier molecular flexibility index (Phi) is 14.7. The highest BCUT2D eigenvalue weighted by atomic mass is 32.2. The Morgan fingerprint density at radius 1 is 0.900 bits per heavy atom. The largest absolute Gasteiger partial charge is 0.481 e. The molecule has 0 bridgehead atoms. The van der Waals surface area contributed by atoms with Crippen molar-refractivity contribution in [3.05, 3.63) is 34.9 Å². The third-order valence-electron chi connectivity index (χ3n) is 4.50. The van der Waals surface area contributed by atoms with Crippen LogP contribution in [0.5, 0.6) is 0 Å². The molecule has 0 aromatic rings. The van der Waals surface area contributed by atoms with Crippen LogP contribution in [0.1, 0.15) is 66.7 Å². The van der Waals surface area contributed by atoms with Gasteiger partial charge in [0.1, 0.15) is 6.04 Å². The van der Waals surface area contributed by atoms with Gasteiger partial charge in [-0.05, 0) is 53.4 Å². The maximum atomic E-state index is 11.8. The first-order valence-electron chi connectivity index (χ1n) is 10.3. The van der Waals surface area contributed by atoms with E-state index in [9.17, 15) is 19.5 Å². The lowest BCUT2D eigenvalue weighted by molar-refractivity contribution is -0.144. The van der Waals surface area contributed by atoms with Gasteiger partial charge in [0.25, 0.3) is 0 Å². The van der Waals surface area contributed by atoms with Crippen molar-refractivity contribution < 1.29 is 24.6 Å². The predicted octanol–water partition coefficient (Wildman–Crippen LogP) is 4.82. The van der Waals surface area contributed by atoms with Crippen LogP contribution in [-0.4, -0.2) is 45.6 Å². The van der Waals surface area contributed by atoms with Gasteiger partial charge >= 0.3 is 11.9 Å². The zero-order chi connectivity index (χ0) is 23.1. The van der Waals surface area contributed by atoms with Crippen LogP contribution in [0.2, 0.25) is 0 Å². The second-order valence-corrected chi connectivity index (χ2v) is 8.97. The van der Waals surface area contributed by atoms with Crippen molar-refractivity contribution in [3.63, 3.8) is 0 Å². The molecular weight excluding hydrogens is 402 g/mol. The highest BCUT2D eigenvalue weighted by Gasteiger charge is 2.22. The molecule has 2 atom stereocenters. The molecule has 0 rings (SSSR count). The van der Waals surface area contributed by atoms with E-state index in [1.807, 2.05) is 0 Å². The number of thioether (sulfide) groups is 1. The van der Waals surface area contributed by atoms with Gasteiger partial charge in [-0.25, -0.2) is 4.79 Å². The number of allylic oxidation sites excluding steroid dienone is 5. The SMILES string of the molecule is CC(C)=CCCC(C)=CCCC(C)=CCSC[C@H](NC(=O)CC(C)C(=O)O)C(=O)O. The van der Waals surface area contributed by atoms with Crippen LogP contribution < -0.4 is 5.32 Å². The molecule has 7 heteroatoms. The van der Waals surface area contributed by atoms with Crippen molar-refractivity contribution in [2.45, 2.75) is 72.8 Å². The van der Waals surface area contributed by atoms with Gasteiger partial charge in [0.2, 0.25) is 5.91 Å². The molecule has 30 heavy (non-hydrogen) atoms. The number of rotatable bonds is 15. The lowest BCUT2D eigenvalue weighted by Crippen LogP contribution is -2.43. The van der Waals surface area contributed by atoms with Crippen LogP contribution in [0.4, 0.5) is 0 Å².